The normalized spacial score (nSPS) is 15.8. The maximum absolute atomic E-state index is 14.1. The predicted molar refractivity (Wildman–Crippen MR) is 196 cm³/mol. The molecular weight excluding hydrogens is 720 g/mol. The topological polar surface area (TPSA) is 219 Å². The summed E-state index contributed by atoms with van der Waals surface area (Å²) in [5, 5.41) is 36.6. The van der Waals surface area contributed by atoms with Gasteiger partial charge in [0.2, 0.25) is 5.91 Å². The van der Waals surface area contributed by atoms with E-state index in [0.717, 1.165) is 12.8 Å². The van der Waals surface area contributed by atoms with Crippen molar-refractivity contribution in [3.63, 3.8) is 0 Å². The minimum atomic E-state index is -1.15. The van der Waals surface area contributed by atoms with Gasteiger partial charge >= 0.3 is 23.8 Å². The molecule has 7 rings (SSSR count). The van der Waals surface area contributed by atoms with Gasteiger partial charge in [0.05, 0.1) is 11.4 Å². The van der Waals surface area contributed by atoms with Gasteiger partial charge in [0.1, 0.15) is 18.1 Å². The second-order valence-corrected chi connectivity index (χ2v) is 13.5. The summed E-state index contributed by atoms with van der Waals surface area (Å²) in [6.45, 7) is 1.20. The van der Waals surface area contributed by atoms with Gasteiger partial charge in [-0.3, -0.25) is 14.4 Å². The highest BCUT2D eigenvalue weighted by Crippen LogP contribution is 2.30. The molecule has 5 N–H and O–H groups in total. The van der Waals surface area contributed by atoms with Gasteiger partial charge in [-0.1, -0.05) is 23.7 Å². The van der Waals surface area contributed by atoms with E-state index in [0.29, 0.717) is 57.3 Å². The van der Waals surface area contributed by atoms with E-state index < -0.39 is 29.7 Å². The van der Waals surface area contributed by atoms with E-state index in [1.54, 1.807) is 59.5 Å². The van der Waals surface area contributed by atoms with E-state index in [1.165, 1.54) is 32.9 Å². The molecule has 1 atom stereocenters. The molecule has 54 heavy (non-hydrogen) atoms. The number of carbonyl (C=O) groups is 5. The maximum Gasteiger partial charge on any atom is 0.352 e. The Balaban J connectivity index is 1.12. The van der Waals surface area contributed by atoms with E-state index in [4.69, 9.17) is 11.6 Å². The SMILES string of the molecule is O=C(O)c1cc2cc(NC(=O)[C@H](Cc3ccc(NC(=O)N4CCC(CO)CC4)cc3)N3CCN(c4cc(Cl)ccc4-n4cnnn4)C(=O)C3=O)ccc2[nH]1. The van der Waals surface area contributed by atoms with Gasteiger partial charge < -0.3 is 40.5 Å². The molecule has 18 heteroatoms. The van der Waals surface area contributed by atoms with E-state index in [-0.39, 0.29) is 43.8 Å². The number of benzene rings is 3. The fraction of sp³-hybridized carbons (Fsp3) is 0.278. The number of fused-ring (bicyclic) bond motifs is 1. The minimum absolute atomic E-state index is 0.00977. The Morgan fingerprint density at radius 3 is 2.35 bits per heavy atom. The van der Waals surface area contributed by atoms with E-state index in [9.17, 15) is 34.2 Å². The van der Waals surface area contributed by atoms with Crippen LogP contribution in [-0.2, 0) is 20.8 Å². The number of carboxylic acids is 1. The summed E-state index contributed by atoms with van der Waals surface area (Å²) < 4.78 is 1.35. The molecule has 0 bridgehead atoms. The number of halogens is 1. The number of nitrogens with one attached hydrogen (secondary N) is 3. The van der Waals surface area contributed by atoms with Crippen molar-refractivity contribution in [2.75, 3.05) is 48.3 Å². The summed E-state index contributed by atoms with van der Waals surface area (Å²) >= 11 is 6.30. The zero-order chi connectivity index (χ0) is 37.9. The molecular formula is C36H35ClN10O7. The standard InChI is InChI=1S/C36H35ClN10O7/c37-24-3-8-29(47-20-38-42-43-47)30(18-24)45-13-14-46(34(51)33(45)50)31(32(49)39-26-6-7-27-23(16-26)17-28(41-27)35(52)53)15-21-1-4-25(5-2-21)40-36(54)44-11-9-22(19-48)10-12-44/h1-8,16-18,20,22,31,41,48H,9-15,19H2,(H,39,49)(H,40,54)(H,52,53)/t31-/m0/s1. The Morgan fingerprint density at radius 1 is 0.889 bits per heavy atom. The maximum atomic E-state index is 14.1. The highest BCUT2D eigenvalue weighted by atomic mass is 35.5. The lowest BCUT2D eigenvalue weighted by atomic mass is 9.98. The summed E-state index contributed by atoms with van der Waals surface area (Å²) in [7, 11) is 0. The number of tetrazole rings is 1. The Bertz CT molecular complexity index is 2220. The van der Waals surface area contributed by atoms with Crippen molar-refractivity contribution in [1.82, 2.24) is 35.0 Å². The summed E-state index contributed by atoms with van der Waals surface area (Å²) in [6, 6.07) is 16.5. The van der Waals surface area contributed by atoms with Crippen molar-refractivity contribution >= 4 is 69.3 Å². The first-order valence-corrected chi connectivity index (χ1v) is 17.5. The molecule has 2 aromatic heterocycles. The molecule has 2 aliphatic rings. The number of hydrogen-bond acceptors (Lipinski definition) is 9. The van der Waals surface area contributed by atoms with Crippen LogP contribution in [0.1, 0.15) is 28.9 Å². The fourth-order valence-corrected chi connectivity index (χ4v) is 6.89. The van der Waals surface area contributed by atoms with Crippen molar-refractivity contribution < 1.29 is 34.2 Å². The van der Waals surface area contributed by atoms with E-state index >= 15 is 0 Å². The Labute approximate surface area is 312 Å². The van der Waals surface area contributed by atoms with Crippen LogP contribution in [-0.4, -0.2) is 114 Å². The number of amides is 5. The van der Waals surface area contributed by atoms with Crippen LogP contribution in [0.2, 0.25) is 5.02 Å². The van der Waals surface area contributed by atoms with Crippen molar-refractivity contribution in [2.45, 2.75) is 25.3 Å². The van der Waals surface area contributed by atoms with Crippen LogP contribution >= 0.6 is 11.6 Å². The second-order valence-electron chi connectivity index (χ2n) is 13.1. The molecule has 5 amide bonds. The number of hydrogen-bond donors (Lipinski definition) is 5. The van der Waals surface area contributed by atoms with Crippen LogP contribution in [0.3, 0.4) is 0 Å². The van der Waals surface area contributed by atoms with Crippen LogP contribution < -0.4 is 15.5 Å². The van der Waals surface area contributed by atoms with Gasteiger partial charge in [-0.15, -0.1) is 5.10 Å². The van der Waals surface area contributed by atoms with Gasteiger partial charge in [-0.25, -0.2) is 9.59 Å². The number of nitrogens with zero attached hydrogens (tertiary/aromatic N) is 7. The number of carboxylic acid groups (broad SMARTS) is 1. The third-order valence-corrected chi connectivity index (χ3v) is 9.90. The first-order valence-electron chi connectivity index (χ1n) is 17.2. The van der Waals surface area contributed by atoms with E-state index in [2.05, 4.69) is 31.1 Å². The molecule has 0 unspecified atom stereocenters. The van der Waals surface area contributed by atoms with Crippen LogP contribution in [0.25, 0.3) is 16.6 Å². The molecule has 0 spiro atoms. The van der Waals surface area contributed by atoms with Crippen LogP contribution in [0, 0.1) is 5.92 Å². The Morgan fingerprint density at radius 2 is 1.65 bits per heavy atom. The van der Waals surface area contributed by atoms with Gasteiger partial charge in [0.15, 0.2) is 0 Å². The number of aliphatic hydroxyl groups is 1. The van der Waals surface area contributed by atoms with Gasteiger partial charge in [-0.05, 0) is 89.3 Å². The van der Waals surface area contributed by atoms with Crippen LogP contribution in [0.15, 0.2) is 73.1 Å². The van der Waals surface area contributed by atoms with Crippen molar-refractivity contribution in [2.24, 2.45) is 5.92 Å². The van der Waals surface area contributed by atoms with Crippen molar-refractivity contribution in [3.8, 4) is 5.69 Å². The van der Waals surface area contributed by atoms with Crippen LogP contribution in [0.5, 0.6) is 0 Å². The molecule has 17 nitrogen and oxygen atoms in total. The molecule has 278 valence electrons. The zero-order valence-electron chi connectivity index (χ0n) is 28.7. The third-order valence-electron chi connectivity index (χ3n) is 9.67. The monoisotopic (exact) mass is 754 g/mol. The summed E-state index contributed by atoms with van der Waals surface area (Å²) in [5.74, 6) is -3.30. The predicted octanol–water partition coefficient (Wildman–Crippen LogP) is 3.16. The second kappa shape index (κ2) is 15.3. The first-order chi connectivity index (χ1) is 26.1. The number of aliphatic hydroxyl groups excluding tert-OH is 1. The summed E-state index contributed by atoms with van der Waals surface area (Å²) in [5.41, 5.74) is 2.82. The molecule has 3 aromatic carbocycles. The van der Waals surface area contributed by atoms with Crippen LogP contribution in [0.4, 0.5) is 21.9 Å². The summed E-state index contributed by atoms with van der Waals surface area (Å²) in [6.07, 6.45) is 2.82. The molecule has 5 aromatic rings. The Kier molecular flexibility index (Phi) is 10.2. The van der Waals surface area contributed by atoms with E-state index in [1.807, 2.05) is 0 Å². The highest BCUT2D eigenvalue weighted by Gasteiger charge is 2.40. The lowest BCUT2D eigenvalue weighted by molar-refractivity contribution is -0.149. The summed E-state index contributed by atoms with van der Waals surface area (Å²) in [4.78, 5) is 73.2. The highest BCUT2D eigenvalue weighted by molar-refractivity contribution is 6.41. The molecule has 2 fully saturated rings. The fourth-order valence-electron chi connectivity index (χ4n) is 6.72. The number of aromatic carboxylic acids is 1. The molecule has 0 saturated carbocycles. The number of rotatable bonds is 10. The average molecular weight is 755 g/mol. The molecule has 2 aliphatic heterocycles. The van der Waals surface area contributed by atoms with Gasteiger partial charge in [0.25, 0.3) is 0 Å². The number of aromatic nitrogens is 5. The lowest BCUT2D eigenvalue weighted by Crippen LogP contribution is -2.60. The third kappa shape index (κ3) is 7.58. The number of urea groups is 1. The number of carbonyl (C=O) groups excluding carboxylic acids is 4. The zero-order valence-corrected chi connectivity index (χ0v) is 29.4. The van der Waals surface area contributed by atoms with Crippen molar-refractivity contribution in [3.05, 3.63) is 89.3 Å². The number of piperazine rings is 1. The number of likely N-dealkylation sites (tertiary alicyclic amines) is 1. The number of H-pyrrole nitrogens is 1. The largest absolute Gasteiger partial charge is 0.477 e. The molecule has 2 saturated heterocycles. The quantitative estimate of drug-likeness (QED) is 0.131. The first kappa shape index (κ1) is 36.0. The van der Waals surface area contributed by atoms with Gasteiger partial charge in [0, 0.05) is 66.5 Å². The van der Waals surface area contributed by atoms with Crippen molar-refractivity contribution in [1.29, 1.82) is 0 Å². The van der Waals surface area contributed by atoms with Gasteiger partial charge in [-0.2, -0.15) is 4.68 Å². The minimum Gasteiger partial charge on any atom is -0.477 e. The molecule has 4 heterocycles. The lowest BCUT2D eigenvalue weighted by Gasteiger charge is -2.38. The molecule has 0 radical (unpaired) electrons. The number of aromatic amines is 1. The molecule has 0 aliphatic carbocycles. The smallest absolute Gasteiger partial charge is 0.352 e. The number of piperidine rings is 1. The average Bonchev–Trinajstić information content (AvgIpc) is 3.87. The Hall–Kier alpha value is -6.33. The number of anilines is 3.